The van der Waals surface area contributed by atoms with Gasteiger partial charge in [-0.05, 0) is 43.3 Å². The molecule has 1 aromatic heterocycles. The van der Waals surface area contributed by atoms with E-state index in [1.807, 2.05) is 0 Å². The molecule has 1 atom stereocenters. The lowest BCUT2D eigenvalue weighted by molar-refractivity contribution is -0.137. The minimum Gasteiger partial charge on any atom is -0.497 e. The average Bonchev–Trinajstić information content (AvgIpc) is 2.70. The predicted octanol–water partition coefficient (Wildman–Crippen LogP) is 2.00. The number of carbonyl (C=O) groups is 1. The molecular weight excluding hydrogens is 425 g/mol. The molecule has 0 bridgehead atoms. The van der Waals surface area contributed by atoms with Gasteiger partial charge in [-0.1, -0.05) is 0 Å². The van der Waals surface area contributed by atoms with Crippen molar-refractivity contribution in [3.8, 4) is 5.75 Å². The molecule has 0 saturated carbocycles. The number of aromatic nitrogens is 1. The fraction of sp³-hybridized carbons (Fsp3) is 0.333. The topological polar surface area (TPSA) is 109 Å². The van der Waals surface area contributed by atoms with Crippen molar-refractivity contribution in [2.45, 2.75) is 24.0 Å². The number of benzene rings is 1. The van der Waals surface area contributed by atoms with Gasteiger partial charge in [-0.25, -0.2) is 13.4 Å². The van der Waals surface area contributed by atoms with Crippen LogP contribution in [0.4, 0.5) is 19.0 Å². The van der Waals surface area contributed by atoms with Crippen LogP contribution in [0.5, 0.6) is 5.75 Å². The van der Waals surface area contributed by atoms with Crippen LogP contribution in [0.1, 0.15) is 12.5 Å². The zero-order chi connectivity index (χ0) is 22.4. The number of alkyl halides is 3. The van der Waals surface area contributed by atoms with Crippen molar-refractivity contribution >= 4 is 21.7 Å². The van der Waals surface area contributed by atoms with Crippen LogP contribution in [-0.2, 0) is 21.0 Å². The van der Waals surface area contributed by atoms with Gasteiger partial charge >= 0.3 is 6.18 Å². The van der Waals surface area contributed by atoms with Crippen LogP contribution in [0.3, 0.4) is 0 Å². The van der Waals surface area contributed by atoms with E-state index in [0.717, 1.165) is 6.07 Å². The number of halogens is 3. The molecule has 0 aliphatic heterocycles. The molecule has 8 nitrogen and oxygen atoms in total. The van der Waals surface area contributed by atoms with Gasteiger partial charge in [0.1, 0.15) is 11.6 Å². The molecule has 1 aromatic carbocycles. The van der Waals surface area contributed by atoms with Crippen molar-refractivity contribution in [3.05, 3.63) is 48.2 Å². The molecule has 0 radical (unpaired) electrons. The highest BCUT2D eigenvalue weighted by atomic mass is 32.2. The van der Waals surface area contributed by atoms with Gasteiger partial charge in [0.05, 0.1) is 23.6 Å². The van der Waals surface area contributed by atoms with Crippen LogP contribution in [-0.4, -0.2) is 45.6 Å². The maximum Gasteiger partial charge on any atom is 0.419 e. The molecule has 1 amide bonds. The summed E-state index contributed by atoms with van der Waals surface area (Å²) in [5.41, 5.74) is -0.919. The van der Waals surface area contributed by atoms with Crippen LogP contribution < -0.4 is 20.1 Å². The average molecular weight is 446 g/mol. The molecule has 2 rings (SSSR count). The largest absolute Gasteiger partial charge is 0.497 e. The standard InChI is InChI=1S/C18H21F3N4O4S/c1-12(25-30(27,28)14-7-5-13(29-2)6-8-14)17(26)24-11-10-23-16-15(18(19,20)21)4-3-9-22-16/h3-9,12,25H,10-11H2,1-2H3,(H,22,23)(H,24,26)/t12-/m0/s1. The molecule has 0 aliphatic rings. The summed E-state index contributed by atoms with van der Waals surface area (Å²) in [6.45, 7) is 1.27. The molecule has 0 saturated heterocycles. The van der Waals surface area contributed by atoms with Gasteiger partial charge in [0, 0.05) is 19.3 Å². The quantitative estimate of drug-likeness (QED) is 0.509. The number of pyridine rings is 1. The van der Waals surface area contributed by atoms with E-state index in [9.17, 15) is 26.4 Å². The van der Waals surface area contributed by atoms with Gasteiger partial charge in [-0.15, -0.1) is 0 Å². The first-order valence-corrected chi connectivity index (χ1v) is 10.2. The smallest absolute Gasteiger partial charge is 0.419 e. The number of amides is 1. The van der Waals surface area contributed by atoms with Crippen molar-refractivity contribution in [1.82, 2.24) is 15.0 Å². The minimum absolute atomic E-state index is 0.0379. The van der Waals surface area contributed by atoms with Crippen molar-refractivity contribution in [3.63, 3.8) is 0 Å². The molecule has 30 heavy (non-hydrogen) atoms. The Morgan fingerprint density at radius 2 is 1.83 bits per heavy atom. The zero-order valence-electron chi connectivity index (χ0n) is 16.2. The number of hydrogen-bond donors (Lipinski definition) is 3. The lowest BCUT2D eigenvalue weighted by Gasteiger charge is -2.16. The van der Waals surface area contributed by atoms with Crippen LogP contribution in [0.15, 0.2) is 47.5 Å². The van der Waals surface area contributed by atoms with Crippen LogP contribution in [0.2, 0.25) is 0 Å². The SMILES string of the molecule is COc1ccc(S(=O)(=O)N[C@@H](C)C(=O)NCCNc2ncccc2C(F)(F)F)cc1. The number of rotatable bonds is 9. The van der Waals surface area contributed by atoms with Crippen LogP contribution in [0.25, 0.3) is 0 Å². The second-order valence-corrected chi connectivity index (χ2v) is 7.85. The molecule has 12 heteroatoms. The van der Waals surface area contributed by atoms with Crippen molar-refractivity contribution in [2.75, 3.05) is 25.5 Å². The second kappa shape index (κ2) is 9.76. The van der Waals surface area contributed by atoms with Crippen molar-refractivity contribution < 1.29 is 31.1 Å². The maximum absolute atomic E-state index is 12.9. The monoisotopic (exact) mass is 446 g/mol. The number of anilines is 1. The Labute approximate surface area is 171 Å². The number of nitrogens with zero attached hydrogens (tertiary/aromatic N) is 1. The predicted molar refractivity (Wildman–Crippen MR) is 104 cm³/mol. The summed E-state index contributed by atoms with van der Waals surface area (Å²) in [4.78, 5) is 15.7. The molecule has 0 aliphatic carbocycles. The molecule has 2 aromatic rings. The lowest BCUT2D eigenvalue weighted by Crippen LogP contribution is -2.45. The number of nitrogens with one attached hydrogen (secondary N) is 3. The first-order chi connectivity index (χ1) is 14.0. The minimum atomic E-state index is -4.56. The molecular formula is C18H21F3N4O4S. The Bertz CT molecular complexity index is 966. The number of sulfonamides is 1. The first-order valence-electron chi connectivity index (χ1n) is 8.75. The fourth-order valence-corrected chi connectivity index (χ4v) is 3.61. The highest BCUT2D eigenvalue weighted by Gasteiger charge is 2.34. The molecule has 3 N–H and O–H groups in total. The number of hydrogen-bond acceptors (Lipinski definition) is 6. The van der Waals surface area contributed by atoms with E-state index in [1.54, 1.807) is 0 Å². The van der Waals surface area contributed by atoms with E-state index in [1.165, 1.54) is 50.6 Å². The summed E-state index contributed by atoms with van der Waals surface area (Å²) in [5.74, 6) is -0.507. The highest BCUT2D eigenvalue weighted by molar-refractivity contribution is 7.89. The third-order valence-electron chi connectivity index (χ3n) is 3.92. The Hall–Kier alpha value is -2.86. The van der Waals surface area contributed by atoms with Gasteiger partial charge in [0.25, 0.3) is 0 Å². The Kier molecular flexibility index (Phi) is 7.62. The van der Waals surface area contributed by atoms with E-state index < -0.39 is 33.7 Å². The Balaban J connectivity index is 1.86. The second-order valence-electron chi connectivity index (χ2n) is 6.13. The van der Waals surface area contributed by atoms with E-state index in [0.29, 0.717) is 5.75 Å². The molecule has 0 fully saturated rings. The van der Waals surface area contributed by atoms with Gasteiger partial charge in [0.15, 0.2) is 0 Å². The summed E-state index contributed by atoms with van der Waals surface area (Å²) >= 11 is 0. The van der Waals surface area contributed by atoms with Crippen molar-refractivity contribution in [2.24, 2.45) is 0 Å². The maximum atomic E-state index is 12.9. The zero-order valence-corrected chi connectivity index (χ0v) is 17.0. The fourth-order valence-electron chi connectivity index (χ4n) is 2.40. The molecule has 164 valence electrons. The van der Waals surface area contributed by atoms with Gasteiger partial charge in [0.2, 0.25) is 15.9 Å². The van der Waals surface area contributed by atoms with E-state index >= 15 is 0 Å². The summed E-state index contributed by atoms with van der Waals surface area (Å²) in [7, 11) is -2.50. The number of carbonyl (C=O) groups excluding carboxylic acids is 1. The van der Waals surface area contributed by atoms with Crippen LogP contribution in [0, 0.1) is 0 Å². The summed E-state index contributed by atoms with van der Waals surface area (Å²) in [6, 6.07) is 6.57. The van der Waals surface area contributed by atoms with Gasteiger partial charge in [-0.3, -0.25) is 4.79 Å². The van der Waals surface area contributed by atoms with E-state index in [2.05, 4.69) is 20.3 Å². The number of ether oxygens (including phenoxy) is 1. The number of methoxy groups -OCH3 is 1. The first kappa shape index (κ1) is 23.4. The Morgan fingerprint density at radius 3 is 2.43 bits per heavy atom. The third kappa shape index (κ3) is 6.32. The van der Waals surface area contributed by atoms with Gasteiger partial charge in [-0.2, -0.15) is 17.9 Å². The molecule has 0 spiro atoms. The Morgan fingerprint density at radius 1 is 1.17 bits per heavy atom. The highest BCUT2D eigenvalue weighted by Crippen LogP contribution is 2.33. The summed E-state index contributed by atoms with van der Waals surface area (Å²) in [6.07, 6.45) is -3.35. The summed E-state index contributed by atoms with van der Waals surface area (Å²) < 4.78 is 70.6. The van der Waals surface area contributed by atoms with E-state index in [4.69, 9.17) is 4.74 Å². The summed E-state index contributed by atoms with van der Waals surface area (Å²) in [5, 5.41) is 4.95. The third-order valence-corrected chi connectivity index (χ3v) is 5.48. The van der Waals surface area contributed by atoms with E-state index in [-0.39, 0.29) is 23.8 Å². The van der Waals surface area contributed by atoms with Gasteiger partial charge < -0.3 is 15.4 Å². The molecule has 0 unspecified atom stereocenters. The van der Waals surface area contributed by atoms with Crippen molar-refractivity contribution in [1.29, 1.82) is 0 Å². The molecule has 1 heterocycles. The van der Waals surface area contributed by atoms with Crippen LogP contribution >= 0.6 is 0 Å². The lowest BCUT2D eigenvalue weighted by atomic mass is 10.2. The normalized spacial score (nSPS) is 12.8.